The van der Waals surface area contributed by atoms with Crippen molar-refractivity contribution < 1.29 is 4.74 Å². The van der Waals surface area contributed by atoms with Gasteiger partial charge in [-0.25, -0.2) is 5.01 Å². The van der Waals surface area contributed by atoms with Crippen LogP contribution in [0.5, 0.6) is 5.75 Å². The standard InChI is InChI=1S/C18H24N4OS/c1-13-10-14-12-19-16-11-15(23-3)4-5-17(16)22(18(14)24-13)21-8-6-20(2)7-9-21/h4-5,10-11,19H,6-9,12H2,1-3H3. The van der Waals surface area contributed by atoms with Gasteiger partial charge in [-0.15, -0.1) is 11.3 Å². The van der Waals surface area contributed by atoms with Crippen molar-refractivity contribution in [1.29, 1.82) is 0 Å². The maximum atomic E-state index is 5.42. The molecule has 5 nitrogen and oxygen atoms in total. The molecule has 4 rings (SSSR count). The lowest BCUT2D eigenvalue weighted by Crippen LogP contribution is -2.51. The average Bonchev–Trinajstić information content (AvgIpc) is 2.89. The van der Waals surface area contributed by atoms with Crippen LogP contribution in [0.2, 0.25) is 0 Å². The van der Waals surface area contributed by atoms with Gasteiger partial charge in [-0.2, -0.15) is 0 Å². The van der Waals surface area contributed by atoms with E-state index in [1.165, 1.54) is 21.1 Å². The van der Waals surface area contributed by atoms with Crippen LogP contribution in [-0.4, -0.2) is 50.2 Å². The van der Waals surface area contributed by atoms with Crippen molar-refractivity contribution in [1.82, 2.24) is 9.91 Å². The van der Waals surface area contributed by atoms with E-state index in [1.807, 2.05) is 11.3 Å². The fraction of sp³-hybridized carbons (Fsp3) is 0.444. The monoisotopic (exact) mass is 344 g/mol. The summed E-state index contributed by atoms with van der Waals surface area (Å²) in [5, 5.41) is 9.84. The fourth-order valence-corrected chi connectivity index (χ4v) is 4.47. The first kappa shape index (κ1) is 15.7. The SMILES string of the molecule is COc1ccc2c(c1)NCc1cc(C)sc1N2N1CCN(C)CC1. The van der Waals surface area contributed by atoms with Crippen LogP contribution in [0.25, 0.3) is 0 Å². The number of likely N-dealkylation sites (N-methyl/N-ethyl adjacent to an activating group) is 1. The van der Waals surface area contributed by atoms with Crippen LogP contribution in [0.15, 0.2) is 24.3 Å². The molecule has 2 aliphatic rings. The minimum atomic E-state index is 0.851. The number of ether oxygens (including phenoxy) is 1. The van der Waals surface area contributed by atoms with Crippen molar-refractivity contribution in [2.24, 2.45) is 0 Å². The van der Waals surface area contributed by atoms with E-state index >= 15 is 0 Å². The number of piperazine rings is 1. The van der Waals surface area contributed by atoms with Crippen LogP contribution in [0.1, 0.15) is 10.4 Å². The van der Waals surface area contributed by atoms with Crippen LogP contribution < -0.4 is 15.1 Å². The number of rotatable bonds is 2. The first-order valence-corrected chi connectivity index (χ1v) is 9.22. The van der Waals surface area contributed by atoms with Crippen molar-refractivity contribution >= 4 is 27.7 Å². The quantitative estimate of drug-likeness (QED) is 0.903. The second kappa shape index (κ2) is 6.27. The Morgan fingerprint density at radius 2 is 1.92 bits per heavy atom. The first-order chi connectivity index (χ1) is 11.7. The van der Waals surface area contributed by atoms with Gasteiger partial charge in [0.25, 0.3) is 0 Å². The van der Waals surface area contributed by atoms with Crippen molar-refractivity contribution in [3.63, 3.8) is 0 Å². The molecular formula is C18H24N4OS. The van der Waals surface area contributed by atoms with E-state index in [4.69, 9.17) is 4.74 Å². The summed E-state index contributed by atoms with van der Waals surface area (Å²) in [4.78, 5) is 3.75. The molecule has 6 heteroatoms. The lowest BCUT2D eigenvalue weighted by atomic mass is 10.2. The van der Waals surface area contributed by atoms with Gasteiger partial charge in [0, 0.05) is 49.2 Å². The molecule has 0 saturated carbocycles. The molecule has 1 saturated heterocycles. The summed E-state index contributed by atoms with van der Waals surface area (Å²) in [5.41, 5.74) is 3.71. The molecule has 3 heterocycles. The third-order valence-electron chi connectivity index (χ3n) is 4.77. The fourth-order valence-electron chi connectivity index (χ4n) is 3.41. The summed E-state index contributed by atoms with van der Waals surface area (Å²) in [6, 6.07) is 8.62. The smallest absolute Gasteiger partial charge is 0.121 e. The van der Waals surface area contributed by atoms with E-state index in [0.717, 1.165) is 44.2 Å². The van der Waals surface area contributed by atoms with E-state index in [0.29, 0.717) is 0 Å². The van der Waals surface area contributed by atoms with Gasteiger partial charge in [-0.1, -0.05) is 0 Å². The van der Waals surface area contributed by atoms with Crippen LogP contribution in [0, 0.1) is 6.92 Å². The topological polar surface area (TPSA) is 31.0 Å². The summed E-state index contributed by atoms with van der Waals surface area (Å²) < 4.78 is 5.42. The Morgan fingerprint density at radius 1 is 1.12 bits per heavy atom. The minimum absolute atomic E-state index is 0.851. The summed E-state index contributed by atoms with van der Waals surface area (Å²) in [6.07, 6.45) is 0. The number of aryl methyl sites for hydroxylation is 1. The van der Waals surface area contributed by atoms with Gasteiger partial charge in [-0.3, -0.25) is 5.01 Å². The number of hydrogen-bond donors (Lipinski definition) is 1. The van der Waals surface area contributed by atoms with Crippen LogP contribution in [0.3, 0.4) is 0 Å². The molecule has 0 spiro atoms. The number of nitrogens with zero attached hydrogens (tertiary/aromatic N) is 3. The molecule has 1 fully saturated rings. The van der Waals surface area contributed by atoms with Gasteiger partial charge in [0.2, 0.25) is 0 Å². The summed E-state index contributed by atoms with van der Waals surface area (Å²) in [6.45, 7) is 7.31. The zero-order valence-electron chi connectivity index (χ0n) is 14.5. The molecule has 0 bridgehead atoms. The van der Waals surface area contributed by atoms with E-state index < -0.39 is 0 Å². The normalized spacial score (nSPS) is 18.5. The van der Waals surface area contributed by atoms with Gasteiger partial charge in [0.15, 0.2) is 0 Å². The van der Waals surface area contributed by atoms with E-state index in [2.05, 4.69) is 58.5 Å². The Morgan fingerprint density at radius 3 is 2.67 bits per heavy atom. The summed E-state index contributed by atoms with van der Waals surface area (Å²) in [5.74, 6) is 0.890. The summed E-state index contributed by atoms with van der Waals surface area (Å²) in [7, 11) is 3.91. The number of benzene rings is 1. The molecule has 0 aliphatic carbocycles. The molecule has 1 aromatic heterocycles. The number of fused-ring (bicyclic) bond motifs is 2. The molecule has 2 aliphatic heterocycles. The van der Waals surface area contributed by atoms with Gasteiger partial charge >= 0.3 is 0 Å². The Balaban J connectivity index is 1.79. The van der Waals surface area contributed by atoms with Crippen LogP contribution >= 0.6 is 11.3 Å². The molecule has 0 unspecified atom stereocenters. The number of hydrogen-bond acceptors (Lipinski definition) is 6. The van der Waals surface area contributed by atoms with Crippen LogP contribution in [0.4, 0.5) is 16.4 Å². The molecule has 24 heavy (non-hydrogen) atoms. The Hall–Kier alpha value is -1.76. The van der Waals surface area contributed by atoms with Gasteiger partial charge in [-0.05, 0) is 32.2 Å². The third kappa shape index (κ3) is 2.75. The highest BCUT2D eigenvalue weighted by Gasteiger charge is 2.29. The molecule has 0 amide bonds. The van der Waals surface area contributed by atoms with Crippen molar-refractivity contribution in [3.8, 4) is 5.75 Å². The van der Waals surface area contributed by atoms with Crippen molar-refractivity contribution in [2.45, 2.75) is 13.5 Å². The summed E-state index contributed by atoms with van der Waals surface area (Å²) >= 11 is 1.88. The maximum absolute atomic E-state index is 5.42. The van der Waals surface area contributed by atoms with Gasteiger partial charge < -0.3 is 15.0 Å². The number of thiophene rings is 1. The highest BCUT2D eigenvalue weighted by molar-refractivity contribution is 7.16. The highest BCUT2D eigenvalue weighted by atomic mass is 32.1. The van der Waals surface area contributed by atoms with Gasteiger partial charge in [0.05, 0.1) is 18.5 Å². The average molecular weight is 344 g/mol. The molecule has 1 N–H and O–H groups in total. The van der Waals surface area contributed by atoms with E-state index in [1.54, 1.807) is 7.11 Å². The molecule has 128 valence electrons. The number of anilines is 3. The molecule has 1 aromatic carbocycles. The van der Waals surface area contributed by atoms with Gasteiger partial charge in [0.1, 0.15) is 10.8 Å². The molecule has 0 atom stereocenters. The molecule has 0 radical (unpaired) electrons. The van der Waals surface area contributed by atoms with Crippen molar-refractivity contribution in [3.05, 3.63) is 34.7 Å². The van der Waals surface area contributed by atoms with Crippen LogP contribution in [-0.2, 0) is 6.54 Å². The predicted octanol–water partition coefficient (Wildman–Crippen LogP) is 3.29. The maximum Gasteiger partial charge on any atom is 0.121 e. The highest BCUT2D eigenvalue weighted by Crippen LogP contribution is 2.44. The number of methoxy groups -OCH3 is 1. The first-order valence-electron chi connectivity index (χ1n) is 8.40. The second-order valence-electron chi connectivity index (χ2n) is 6.49. The second-order valence-corrected chi connectivity index (χ2v) is 7.73. The Labute approximate surface area is 147 Å². The molecule has 2 aromatic rings. The lowest BCUT2D eigenvalue weighted by molar-refractivity contribution is 0.155. The van der Waals surface area contributed by atoms with Crippen molar-refractivity contribution in [2.75, 3.05) is 50.7 Å². The van der Waals surface area contributed by atoms with E-state index in [-0.39, 0.29) is 0 Å². The third-order valence-corrected chi connectivity index (χ3v) is 5.83. The predicted molar refractivity (Wildman–Crippen MR) is 101 cm³/mol. The van der Waals surface area contributed by atoms with E-state index in [9.17, 15) is 0 Å². The Kier molecular flexibility index (Phi) is 4.12. The zero-order valence-corrected chi connectivity index (χ0v) is 15.3. The largest absolute Gasteiger partial charge is 0.497 e. The molecular weight excluding hydrogens is 320 g/mol. The lowest BCUT2D eigenvalue weighted by Gasteiger charge is -2.41. The minimum Gasteiger partial charge on any atom is -0.497 e. The number of nitrogens with one attached hydrogen (secondary N) is 1. The Bertz CT molecular complexity index is 737. The zero-order chi connectivity index (χ0) is 16.7. The number of hydrazine groups is 1.